The highest BCUT2D eigenvalue weighted by atomic mass is 16.5. The summed E-state index contributed by atoms with van der Waals surface area (Å²) < 4.78 is 7.03. The largest absolute Gasteiger partial charge is 0.340 e. The molecule has 1 amide bonds. The normalized spacial score (nSPS) is 12.3. The molecule has 7 heteroatoms. The maximum absolute atomic E-state index is 12.4. The summed E-state index contributed by atoms with van der Waals surface area (Å²) >= 11 is 0. The van der Waals surface area contributed by atoms with Gasteiger partial charge in [0.25, 0.3) is 5.91 Å². The van der Waals surface area contributed by atoms with Gasteiger partial charge < -0.3 is 9.84 Å². The second-order valence-electron chi connectivity index (χ2n) is 5.89. The molecule has 0 spiro atoms. The first-order valence-electron chi connectivity index (χ1n) is 7.74. The molecule has 2 aromatic heterocycles. The number of amides is 1. The van der Waals surface area contributed by atoms with Crippen LogP contribution in [0.5, 0.6) is 0 Å². The summed E-state index contributed by atoms with van der Waals surface area (Å²) in [5.74, 6) is 0.696. The van der Waals surface area contributed by atoms with E-state index in [0.29, 0.717) is 23.0 Å². The fourth-order valence-electron chi connectivity index (χ4n) is 2.33. The van der Waals surface area contributed by atoms with Gasteiger partial charge in [-0.2, -0.15) is 10.1 Å². The second-order valence-corrected chi connectivity index (χ2v) is 5.89. The summed E-state index contributed by atoms with van der Waals surface area (Å²) in [6, 6.07) is 10.5. The van der Waals surface area contributed by atoms with Gasteiger partial charge in [-0.15, -0.1) is 0 Å². The monoisotopic (exact) mass is 325 g/mol. The number of nitrogens with one attached hydrogen (secondary N) is 1. The van der Waals surface area contributed by atoms with Crippen molar-refractivity contribution in [2.45, 2.75) is 19.9 Å². The number of benzene rings is 1. The summed E-state index contributed by atoms with van der Waals surface area (Å²) in [7, 11) is 1.82. The standard InChI is InChI=1S/C17H19N5O2/c1-11(2)14(18-16(23)12-7-5-4-6-8-12)17-19-15(21-24-17)13-9-10-22(3)20-13/h4-11,14H,1-3H3,(H,18,23)/t14-/m0/s1. The number of carbonyl (C=O) groups excluding carboxylic acids is 1. The molecule has 0 aliphatic carbocycles. The number of rotatable bonds is 5. The molecule has 0 aliphatic heterocycles. The summed E-state index contributed by atoms with van der Waals surface area (Å²) in [6.07, 6.45) is 1.81. The fraction of sp³-hybridized carbons (Fsp3) is 0.294. The Kier molecular flexibility index (Phi) is 4.41. The highest BCUT2D eigenvalue weighted by Gasteiger charge is 2.25. The number of aromatic nitrogens is 4. The molecule has 2 heterocycles. The quantitative estimate of drug-likeness (QED) is 0.779. The summed E-state index contributed by atoms with van der Waals surface area (Å²) in [5, 5.41) is 11.2. The minimum absolute atomic E-state index is 0.0923. The number of hydrogen-bond donors (Lipinski definition) is 1. The van der Waals surface area contributed by atoms with Crippen LogP contribution in [0.3, 0.4) is 0 Å². The van der Waals surface area contributed by atoms with Crippen LogP contribution in [0.2, 0.25) is 0 Å². The van der Waals surface area contributed by atoms with Crippen LogP contribution in [0.15, 0.2) is 47.1 Å². The number of carbonyl (C=O) groups is 1. The van der Waals surface area contributed by atoms with Crippen molar-refractivity contribution < 1.29 is 9.32 Å². The van der Waals surface area contributed by atoms with E-state index in [1.54, 1.807) is 16.8 Å². The maximum atomic E-state index is 12.4. The lowest BCUT2D eigenvalue weighted by Crippen LogP contribution is -2.32. The van der Waals surface area contributed by atoms with Gasteiger partial charge in [-0.1, -0.05) is 37.2 Å². The summed E-state index contributed by atoms with van der Waals surface area (Å²) in [6.45, 7) is 3.97. The zero-order valence-electron chi connectivity index (χ0n) is 13.8. The van der Waals surface area contributed by atoms with Crippen LogP contribution >= 0.6 is 0 Å². The third-order valence-electron chi connectivity index (χ3n) is 3.64. The van der Waals surface area contributed by atoms with E-state index >= 15 is 0 Å². The zero-order chi connectivity index (χ0) is 17.1. The van der Waals surface area contributed by atoms with Crippen LogP contribution in [0.1, 0.15) is 36.1 Å². The van der Waals surface area contributed by atoms with Gasteiger partial charge in [-0.05, 0) is 24.1 Å². The third-order valence-corrected chi connectivity index (χ3v) is 3.64. The van der Waals surface area contributed by atoms with Gasteiger partial charge in [0.2, 0.25) is 11.7 Å². The Labute approximate surface area is 139 Å². The van der Waals surface area contributed by atoms with Crippen molar-refractivity contribution in [2.24, 2.45) is 13.0 Å². The van der Waals surface area contributed by atoms with Crippen LogP contribution < -0.4 is 5.32 Å². The highest BCUT2D eigenvalue weighted by Crippen LogP contribution is 2.23. The van der Waals surface area contributed by atoms with E-state index < -0.39 is 0 Å². The average Bonchev–Trinajstić information content (AvgIpc) is 3.21. The SMILES string of the molecule is CC(C)[C@H](NC(=O)c1ccccc1)c1nc(-c2ccn(C)n2)no1. The molecule has 124 valence electrons. The molecule has 0 aliphatic rings. The van der Waals surface area contributed by atoms with Gasteiger partial charge in [0.1, 0.15) is 11.7 Å². The van der Waals surface area contributed by atoms with Crippen molar-refractivity contribution in [1.29, 1.82) is 0 Å². The average molecular weight is 325 g/mol. The van der Waals surface area contributed by atoms with Crippen LogP contribution in [-0.2, 0) is 7.05 Å². The zero-order valence-corrected chi connectivity index (χ0v) is 13.8. The lowest BCUT2D eigenvalue weighted by atomic mass is 10.0. The van der Waals surface area contributed by atoms with Gasteiger partial charge >= 0.3 is 0 Å². The van der Waals surface area contributed by atoms with Gasteiger partial charge in [0, 0.05) is 18.8 Å². The van der Waals surface area contributed by atoms with Crippen molar-refractivity contribution in [1.82, 2.24) is 25.2 Å². The van der Waals surface area contributed by atoms with Gasteiger partial charge in [0.15, 0.2) is 0 Å². The molecule has 1 aromatic carbocycles. The molecule has 1 atom stereocenters. The first-order chi connectivity index (χ1) is 11.5. The number of hydrogen-bond acceptors (Lipinski definition) is 5. The van der Waals surface area contributed by atoms with Crippen molar-refractivity contribution in [2.75, 3.05) is 0 Å². The van der Waals surface area contributed by atoms with Gasteiger partial charge in [-0.25, -0.2) is 0 Å². The molecular formula is C17H19N5O2. The van der Waals surface area contributed by atoms with Crippen LogP contribution in [0, 0.1) is 5.92 Å². The molecule has 3 rings (SSSR count). The maximum Gasteiger partial charge on any atom is 0.251 e. The third kappa shape index (κ3) is 3.34. The molecule has 24 heavy (non-hydrogen) atoms. The van der Waals surface area contributed by atoms with E-state index in [9.17, 15) is 4.79 Å². The van der Waals surface area contributed by atoms with Crippen LogP contribution in [0.4, 0.5) is 0 Å². The predicted octanol–water partition coefficient (Wildman–Crippen LogP) is 2.60. The molecule has 7 nitrogen and oxygen atoms in total. The smallest absolute Gasteiger partial charge is 0.251 e. The number of aryl methyl sites for hydroxylation is 1. The Hall–Kier alpha value is -2.96. The van der Waals surface area contributed by atoms with Gasteiger partial charge in [-0.3, -0.25) is 9.48 Å². The lowest BCUT2D eigenvalue weighted by molar-refractivity contribution is 0.0914. The molecule has 0 unspecified atom stereocenters. The topological polar surface area (TPSA) is 85.8 Å². The molecule has 0 bridgehead atoms. The first kappa shape index (κ1) is 15.9. The van der Waals surface area contributed by atoms with E-state index in [1.165, 1.54) is 0 Å². The Balaban J connectivity index is 1.81. The van der Waals surface area contributed by atoms with Crippen molar-refractivity contribution >= 4 is 5.91 Å². The molecular weight excluding hydrogens is 306 g/mol. The van der Waals surface area contributed by atoms with E-state index in [1.807, 2.05) is 51.4 Å². The highest BCUT2D eigenvalue weighted by molar-refractivity contribution is 5.94. The van der Waals surface area contributed by atoms with E-state index in [4.69, 9.17) is 4.52 Å². The van der Waals surface area contributed by atoms with E-state index in [0.717, 1.165) is 0 Å². The van der Waals surface area contributed by atoms with Crippen LogP contribution in [0.25, 0.3) is 11.5 Å². The summed E-state index contributed by atoms with van der Waals surface area (Å²) in [5.41, 5.74) is 1.22. The first-order valence-corrected chi connectivity index (χ1v) is 7.74. The Morgan fingerprint density at radius 3 is 2.58 bits per heavy atom. The Bertz CT molecular complexity index is 822. The molecule has 3 aromatic rings. The fourth-order valence-corrected chi connectivity index (χ4v) is 2.33. The molecule has 0 fully saturated rings. The van der Waals surface area contributed by atoms with Crippen molar-refractivity contribution in [3.63, 3.8) is 0 Å². The molecule has 0 saturated heterocycles. The number of nitrogens with zero attached hydrogens (tertiary/aromatic N) is 4. The van der Waals surface area contributed by atoms with Crippen molar-refractivity contribution in [3.05, 3.63) is 54.0 Å². The Morgan fingerprint density at radius 2 is 1.96 bits per heavy atom. The van der Waals surface area contributed by atoms with E-state index in [-0.39, 0.29) is 17.9 Å². The molecule has 0 saturated carbocycles. The second kappa shape index (κ2) is 6.66. The van der Waals surface area contributed by atoms with Crippen molar-refractivity contribution in [3.8, 4) is 11.5 Å². The molecule has 0 radical (unpaired) electrons. The minimum atomic E-state index is -0.373. The Morgan fingerprint density at radius 1 is 1.21 bits per heavy atom. The summed E-state index contributed by atoms with van der Waals surface area (Å²) in [4.78, 5) is 16.8. The molecule has 1 N–H and O–H groups in total. The van der Waals surface area contributed by atoms with Gasteiger partial charge in [0.05, 0.1) is 0 Å². The van der Waals surface area contributed by atoms with Crippen LogP contribution in [-0.4, -0.2) is 25.8 Å². The minimum Gasteiger partial charge on any atom is -0.340 e. The predicted molar refractivity (Wildman–Crippen MR) is 88.0 cm³/mol. The van der Waals surface area contributed by atoms with E-state index in [2.05, 4.69) is 20.6 Å². The lowest BCUT2D eigenvalue weighted by Gasteiger charge is -2.18.